The number of anilines is 1. The Kier molecular flexibility index (Phi) is 5.74. The van der Waals surface area contributed by atoms with Crippen LogP contribution < -0.4 is 10.5 Å². The Morgan fingerprint density at radius 1 is 1.35 bits per heavy atom. The van der Waals surface area contributed by atoms with Crippen LogP contribution in [0.1, 0.15) is 18.1 Å². The predicted octanol–water partition coefficient (Wildman–Crippen LogP) is 1.76. The van der Waals surface area contributed by atoms with Crippen molar-refractivity contribution >= 4 is 15.7 Å². The number of aryl methyl sites for hydroxylation is 2. The minimum atomic E-state index is -3.62. The first-order valence-electron chi connectivity index (χ1n) is 6.33. The fourth-order valence-corrected chi connectivity index (χ4v) is 3.17. The van der Waals surface area contributed by atoms with Crippen molar-refractivity contribution in [1.82, 2.24) is 4.72 Å². The molecule has 0 saturated carbocycles. The van der Waals surface area contributed by atoms with E-state index in [-0.39, 0.29) is 18.0 Å². The average molecular weight is 298 g/mol. The van der Waals surface area contributed by atoms with Gasteiger partial charge in [-0.05, 0) is 31.9 Å². The van der Waals surface area contributed by atoms with E-state index in [9.17, 15) is 8.42 Å². The first-order chi connectivity index (χ1) is 9.25. The fourth-order valence-electron chi connectivity index (χ4n) is 1.73. The second-order valence-corrected chi connectivity index (χ2v) is 6.55. The molecule has 0 aliphatic carbocycles. The maximum absolute atomic E-state index is 12.3. The number of hydrogen-bond donors (Lipinski definition) is 2. The summed E-state index contributed by atoms with van der Waals surface area (Å²) in [5.74, 6) is 0. The highest BCUT2D eigenvalue weighted by molar-refractivity contribution is 7.89. The molecule has 0 aromatic heterocycles. The Morgan fingerprint density at radius 2 is 1.95 bits per heavy atom. The largest absolute Gasteiger partial charge is 0.397 e. The van der Waals surface area contributed by atoms with Gasteiger partial charge in [0.15, 0.2) is 0 Å². The minimum Gasteiger partial charge on any atom is -0.397 e. The van der Waals surface area contributed by atoms with Gasteiger partial charge in [0, 0.05) is 6.54 Å². The average Bonchev–Trinajstić information content (AvgIpc) is 2.33. The maximum Gasteiger partial charge on any atom is 0.242 e. The predicted molar refractivity (Wildman–Crippen MR) is 81.1 cm³/mol. The molecule has 0 atom stereocenters. The van der Waals surface area contributed by atoms with Crippen molar-refractivity contribution in [2.24, 2.45) is 0 Å². The van der Waals surface area contributed by atoms with Crippen LogP contribution in [0.4, 0.5) is 5.69 Å². The van der Waals surface area contributed by atoms with Gasteiger partial charge >= 0.3 is 0 Å². The van der Waals surface area contributed by atoms with Gasteiger partial charge in [-0.3, -0.25) is 0 Å². The molecule has 0 bridgehead atoms. The quantitative estimate of drug-likeness (QED) is 0.456. The smallest absolute Gasteiger partial charge is 0.242 e. The molecule has 0 aliphatic heterocycles. The molecule has 20 heavy (non-hydrogen) atoms. The van der Waals surface area contributed by atoms with E-state index in [4.69, 9.17) is 10.5 Å². The van der Waals surface area contributed by atoms with Gasteiger partial charge in [-0.15, -0.1) is 0 Å². The van der Waals surface area contributed by atoms with Gasteiger partial charge in [-0.2, -0.15) is 0 Å². The number of benzene rings is 1. The lowest BCUT2D eigenvalue weighted by atomic mass is 10.1. The van der Waals surface area contributed by atoms with Crippen LogP contribution in [-0.4, -0.2) is 28.2 Å². The lowest BCUT2D eigenvalue weighted by Gasteiger charge is -2.13. The van der Waals surface area contributed by atoms with Crippen molar-refractivity contribution in [3.63, 3.8) is 0 Å². The molecule has 0 spiro atoms. The molecule has 6 heteroatoms. The zero-order valence-corrected chi connectivity index (χ0v) is 13.0. The van der Waals surface area contributed by atoms with Crippen molar-refractivity contribution in [3.8, 4) is 0 Å². The molecule has 5 nitrogen and oxygen atoms in total. The molecule has 0 fully saturated rings. The van der Waals surface area contributed by atoms with E-state index in [2.05, 4.69) is 11.3 Å². The van der Waals surface area contributed by atoms with E-state index in [1.54, 1.807) is 26.0 Å². The first kappa shape index (κ1) is 16.7. The van der Waals surface area contributed by atoms with Gasteiger partial charge < -0.3 is 10.5 Å². The summed E-state index contributed by atoms with van der Waals surface area (Å²) in [6.07, 6.45) is 0. The third-order valence-corrected chi connectivity index (χ3v) is 4.43. The second kappa shape index (κ2) is 6.88. The molecule has 0 aliphatic rings. The van der Waals surface area contributed by atoms with Gasteiger partial charge in [0.2, 0.25) is 10.0 Å². The molecule has 0 amide bonds. The SMILES string of the molecule is C=C(C)COCCNS(=O)(=O)c1c(C)ccc(C)c1N. The third kappa shape index (κ3) is 4.33. The number of nitrogens with one attached hydrogen (secondary N) is 1. The summed E-state index contributed by atoms with van der Waals surface area (Å²) in [6.45, 7) is 9.97. The summed E-state index contributed by atoms with van der Waals surface area (Å²) < 4.78 is 32.3. The van der Waals surface area contributed by atoms with Gasteiger partial charge in [0.25, 0.3) is 0 Å². The zero-order chi connectivity index (χ0) is 15.3. The molecular weight excluding hydrogens is 276 g/mol. The van der Waals surface area contributed by atoms with Crippen molar-refractivity contribution in [2.45, 2.75) is 25.7 Å². The van der Waals surface area contributed by atoms with Crippen LogP contribution in [-0.2, 0) is 14.8 Å². The Balaban J connectivity index is 2.75. The van der Waals surface area contributed by atoms with Crippen molar-refractivity contribution in [3.05, 3.63) is 35.4 Å². The van der Waals surface area contributed by atoms with E-state index in [0.29, 0.717) is 17.9 Å². The number of nitrogens with two attached hydrogens (primary N) is 1. The van der Waals surface area contributed by atoms with E-state index < -0.39 is 10.0 Å². The summed E-state index contributed by atoms with van der Waals surface area (Å²) >= 11 is 0. The normalized spacial score (nSPS) is 11.6. The van der Waals surface area contributed by atoms with Crippen LogP contribution >= 0.6 is 0 Å². The Morgan fingerprint density at radius 3 is 2.55 bits per heavy atom. The molecular formula is C14H22N2O3S. The topological polar surface area (TPSA) is 81.4 Å². The van der Waals surface area contributed by atoms with Crippen molar-refractivity contribution in [1.29, 1.82) is 0 Å². The Bertz CT molecular complexity index is 595. The lowest BCUT2D eigenvalue weighted by molar-refractivity contribution is 0.162. The summed E-state index contributed by atoms with van der Waals surface area (Å²) in [5, 5.41) is 0. The van der Waals surface area contributed by atoms with Gasteiger partial charge in [0.05, 0.1) is 18.9 Å². The molecule has 0 heterocycles. The summed E-state index contributed by atoms with van der Waals surface area (Å²) in [6, 6.07) is 3.55. The van der Waals surface area contributed by atoms with E-state index >= 15 is 0 Å². The molecule has 112 valence electrons. The van der Waals surface area contributed by atoms with Crippen molar-refractivity contribution < 1.29 is 13.2 Å². The Hall–Kier alpha value is -1.37. The lowest BCUT2D eigenvalue weighted by Crippen LogP contribution is -2.29. The maximum atomic E-state index is 12.3. The second-order valence-electron chi connectivity index (χ2n) is 4.85. The van der Waals surface area contributed by atoms with Crippen LogP contribution in [0.15, 0.2) is 29.2 Å². The summed E-state index contributed by atoms with van der Waals surface area (Å²) in [7, 11) is -3.62. The Labute approximate surface area is 120 Å². The highest BCUT2D eigenvalue weighted by atomic mass is 32.2. The number of hydrogen-bond acceptors (Lipinski definition) is 4. The third-order valence-electron chi connectivity index (χ3n) is 2.77. The number of sulfonamides is 1. The van der Waals surface area contributed by atoms with Gasteiger partial charge in [-0.1, -0.05) is 24.3 Å². The number of ether oxygens (including phenoxy) is 1. The van der Waals surface area contributed by atoms with Crippen LogP contribution in [0, 0.1) is 13.8 Å². The van der Waals surface area contributed by atoms with E-state index in [0.717, 1.165) is 11.1 Å². The van der Waals surface area contributed by atoms with E-state index in [1.165, 1.54) is 0 Å². The molecule has 1 aromatic carbocycles. The molecule has 0 unspecified atom stereocenters. The molecule has 0 radical (unpaired) electrons. The van der Waals surface area contributed by atoms with Crippen LogP contribution in [0.25, 0.3) is 0 Å². The van der Waals surface area contributed by atoms with Gasteiger partial charge in [0.1, 0.15) is 4.90 Å². The summed E-state index contributed by atoms with van der Waals surface area (Å²) in [5.41, 5.74) is 8.44. The number of nitrogen functional groups attached to an aromatic ring is 1. The van der Waals surface area contributed by atoms with Crippen LogP contribution in [0.5, 0.6) is 0 Å². The standard InChI is InChI=1S/C14H22N2O3S/c1-10(2)9-19-8-7-16-20(17,18)14-12(4)6-5-11(3)13(14)15/h5-6,16H,1,7-9,15H2,2-4H3. The highest BCUT2D eigenvalue weighted by Gasteiger charge is 2.20. The first-order valence-corrected chi connectivity index (χ1v) is 7.81. The minimum absolute atomic E-state index is 0.150. The zero-order valence-electron chi connectivity index (χ0n) is 12.2. The van der Waals surface area contributed by atoms with Gasteiger partial charge in [-0.25, -0.2) is 13.1 Å². The highest BCUT2D eigenvalue weighted by Crippen LogP contribution is 2.25. The molecule has 0 saturated heterocycles. The molecule has 3 N–H and O–H groups in total. The van der Waals surface area contributed by atoms with Crippen LogP contribution in [0.3, 0.4) is 0 Å². The fraction of sp³-hybridized carbons (Fsp3) is 0.429. The van der Waals surface area contributed by atoms with Crippen LogP contribution in [0.2, 0.25) is 0 Å². The monoisotopic (exact) mass is 298 g/mol. The summed E-state index contributed by atoms with van der Waals surface area (Å²) in [4.78, 5) is 0.150. The van der Waals surface area contributed by atoms with E-state index in [1.807, 2.05) is 6.92 Å². The molecule has 1 aromatic rings. The molecule has 1 rings (SSSR count). The van der Waals surface area contributed by atoms with Crippen molar-refractivity contribution in [2.75, 3.05) is 25.5 Å². The number of rotatable bonds is 7.